The molecule has 0 saturated carbocycles. The molecule has 0 aromatic heterocycles. The minimum absolute atomic E-state index is 0. The predicted molar refractivity (Wildman–Crippen MR) is 136 cm³/mol. The summed E-state index contributed by atoms with van der Waals surface area (Å²) in [6, 6.07) is 28.3. The number of methoxy groups -OCH3 is 2. The van der Waals surface area contributed by atoms with E-state index in [1.54, 1.807) is 14.2 Å². The average molecular weight is 594 g/mol. The van der Waals surface area contributed by atoms with E-state index in [2.05, 4.69) is 107 Å². The normalized spacial score (nSPS) is 16.4. The van der Waals surface area contributed by atoms with Crippen LogP contribution in [0.1, 0.15) is 27.7 Å². The van der Waals surface area contributed by atoms with Crippen LogP contribution in [0, 0.1) is 6.08 Å². The molecule has 0 aliphatic heterocycles. The average Bonchev–Trinajstić information content (AvgIpc) is 3.03. The van der Waals surface area contributed by atoms with Crippen molar-refractivity contribution in [3.05, 3.63) is 102 Å². The predicted octanol–water partition coefficient (Wildman–Crippen LogP) is -3.96. The smallest absolute Gasteiger partial charge is 1.00 e. The maximum Gasteiger partial charge on any atom is 4.00 e. The van der Waals surface area contributed by atoms with E-state index in [0.717, 1.165) is 11.5 Å². The van der Waals surface area contributed by atoms with Gasteiger partial charge in [-0.15, -0.1) is 6.92 Å². The third-order valence-corrected chi connectivity index (χ3v) is 12.8. The summed E-state index contributed by atoms with van der Waals surface area (Å²) < 4.78 is 11.5. The van der Waals surface area contributed by atoms with Crippen molar-refractivity contribution in [2.24, 2.45) is 0 Å². The molecule has 3 aromatic rings. The van der Waals surface area contributed by atoms with Gasteiger partial charge in [-0.2, -0.15) is 11.1 Å². The van der Waals surface area contributed by atoms with Gasteiger partial charge in [0.1, 0.15) is 19.6 Å². The topological polar surface area (TPSA) is 18.5 Å². The van der Waals surface area contributed by atoms with E-state index < -0.39 is 8.07 Å². The molecule has 2 nitrogen and oxygen atoms in total. The maximum atomic E-state index is 5.73. The van der Waals surface area contributed by atoms with Crippen LogP contribution in [0.4, 0.5) is 0 Å². The van der Waals surface area contributed by atoms with Crippen molar-refractivity contribution in [2.45, 2.75) is 32.7 Å². The number of ether oxygens (including phenoxy) is 2. The van der Waals surface area contributed by atoms with E-state index in [9.17, 15) is 0 Å². The third-order valence-electron chi connectivity index (χ3n) is 7.26. The van der Waals surface area contributed by atoms with Gasteiger partial charge >= 0.3 is 21.7 Å². The largest absolute Gasteiger partial charge is 4.00 e. The second-order valence-corrected chi connectivity index (χ2v) is 12.9. The Morgan fingerprint density at radius 1 is 0.667 bits per heavy atom. The monoisotopic (exact) mass is 592 g/mol. The number of hydrogen-bond acceptors (Lipinski definition) is 2. The Morgan fingerprint density at radius 2 is 1.08 bits per heavy atom. The van der Waals surface area contributed by atoms with Crippen LogP contribution >= 0.6 is 0 Å². The summed E-state index contributed by atoms with van der Waals surface area (Å²) >= 11 is 0. The quantitative estimate of drug-likeness (QED) is 0.165. The van der Waals surface area contributed by atoms with Crippen molar-refractivity contribution in [1.82, 2.24) is 0 Å². The van der Waals surface area contributed by atoms with Crippen molar-refractivity contribution in [3.8, 4) is 11.5 Å². The van der Waals surface area contributed by atoms with Gasteiger partial charge in [-0.25, -0.2) is 5.57 Å². The zero-order valence-corrected chi connectivity index (χ0v) is 26.3. The molecule has 0 N–H and O–H groups in total. The van der Waals surface area contributed by atoms with Gasteiger partial charge in [0.15, 0.2) is 0 Å². The fraction of sp³-hybridized carbons (Fsp3) is 0.241. The first-order valence-corrected chi connectivity index (χ1v) is 13.0. The summed E-state index contributed by atoms with van der Waals surface area (Å²) in [5, 5.41) is 3.67. The first-order valence-electron chi connectivity index (χ1n) is 11.0. The molecular formula is C29H31Cl3O2SiTi. The molecule has 1 unspecified atom stereocenters. The minimum atomic E-state index is -2.71. The van der Waals surface area contributed by atoms with Crippen LogP contribution in [0.5, 0.6) is 11.5 Å². The van der Waals surface area contributed by atoms with Crippen LogP contribution in [0.3, 0.4) is 0 Å². The van der Waals surface area contributed by atoms with Crippen molar-refractivity contribution >= 4 is 23.6 Å². The first kappa shape index (κ1) is 34.5. The van der Waals surface area contributed by atoms with Crippen molar-refractivity contribution < 1.29 is 68.4 Å². The van der Waals surface area contributed by atoms with Crippen LogP contribution in [0.25, 0.3) is 0 Å². The molecule has 1 atom stereocenters. The zero-order valence-electron chi connectivity index (χ0n) is 21.5. The molecule has 0 saturated heterocycles. The summed E-state index contributed by atoms with van der Waals surface area (Å²) in [5.74, 6) is 1.62. The van der Waals surface area contributed by atoms with E-state index in [0.29, 0.717) is 0 Å². The Balaban J connectivity index is 0.00000306. The third kappa shape index (κ3) is 5.53. The van der Waals surface area contributed by atoms with E-state index in [4.69, 9.17) is 9.47 Å². The van der Waals surface area contributed by atoms with E-state index in [1.165, 1.54) is 32.3 Å². The number of allylic oxidation sites excluding steroid dienone is 4. The van der Waals surface area contributed by atoms with Crippen molar-refractivity contribution in [3.63, 3.8) is 0 Å². The molecule has 0 amide bonds. The number of hydrogen-bond donors (Lipinski definition) is 0. The Bertz CT molecular complexity index is 1140. The molecule has 1 aliphatic rings. The SMILES string of the molecule is COc1cc(OC)cc([Si](c2ccccc2)(c2ccccc2)C2(C)[C-]=C(C)C(C)=C2C)c1.[Cl-].[Cl-].[Cl-].[Ti+4]. The molecule has 1 aliphatic carbocycles. The van der Waals surface area contributed by atoms with Gasteiger partial charge < -0.3 is 46.7 Å². The van der Waals surface area contributed by atoms with Crippen LogP contribution in [0.15, 0.2) is 95.6 Å². The van der Waals surface area contributed by atoms with Crippen LogP contribution in [-0.2, 0) is 21.7 Å². The second-order valence-electron chi connectivity index (χ2n) is 8.71. The minimum Gasteiger partial charge on any atom is -1.00 e. The van der Waals surface area contributed by atoms with Gasteiger partial charge in [-0.1, -0.05) is 86.5 Å². The van der Waals surface area contributed by atoms with Crippen LogP contribution < -0.4 is 62.3 Å². The van der Waals surface area contributed by atoms with Gasteiger partial charge in [-0.05, 0) is 27.7 Å². The molecule has 4 rings (SSSR count). The standard InChI is InChI=1S/C29H31O2Si.3ClH.Ti/c1-21-20-29(4,23(3)22(21)2)32(26-13-9-7-10-14-26,27-15-11-8-12-16-27)28-18-24(30-5)17-25(19-28)31-6;;;;/h7-19H,1-6H3;3*1H;/q-1;;;;+4/p-3. The van der Waals surface area contributed by atoms with Gasteiger partial charge in [0.25, 0.3) is 0 Å². The molecule has 3 aromatic carbocycles. The number of halogens is 3. The van der Waals surface area contributed by atoms with Crippen molar-refractivity contribution in [1.29, 1.82) is 0 Å². The van der Waals surface area contributed by atoms with Gasteiger partial charge in [0, 0.05) is 6.07 Å². The Morgan fingerprint density at radius 3 is 1.42 bits per heavy atom. The van der Waals surface area contributed by atoms with Gasteiger partial charge in [0.05, 0.1) is 14.2 Å². The molecule has 0 fully saturated rings. The summed E-state index contributed by atoms with van der Waals surface area (Å²) in [6.07, 6.45) is 3.96. The fourth-order valence-corrected chi connectivity index (χ4v) is 11.3. The van der Waals surface area contributed by atoms with Crippen LogP contribution in [-0.4, -0.2) is 22.3 Å². The zero-order chi connectivity index (χ0) is 22.9. The van der Waals surface area contributed by atoms with Crippen LogP contribution in [0.2, 0.25) is 5.04 Å². The number of benzene rings is 3. The summed E-state index contributed by atoms with van der Waals surface area (Å²) in [6.45, 7) is 9.07. The number of rotatable bonds is 6. The Hall–Kier alpha value is -1.46. The molecular weight excluding hydrogens is 563 g/mol. The molecule has 0 bridgehead atoms. The molecule has 0 heterocycles. The molecule has 0 radical (unpaired) electrons. The first-order chi connectivity index (χ1) is 15.4. The van der Waals surface area contributed by atoms with E-state index in [1.807, 2.05) is 6.07 Å². The molecule has 7 heteroatoms. The summed E-state index contributed by atoms with van der Waals surface area (Å²) in [7, 11) is 0.729. The van der Waals surface area contributed by atoms with Gasteiger partial charge in [-0.3, -0.25) is 6.08 Å². The molecule has 188 valence electrons. The Labute approximate surface area is 250 Å². The second kappa shape index (κ2) is 13.9. The Kier molecular flexibility index (Phi) is 13.3. The fourth-order valence-electron chi connectivity index (χ4n) is 5.36. The maximum absolute atomic E-state index is 5.73. The summed E-state index contributed by atoms with van der Waals surface area (Å²) in [5.41, 5.74) is 3.96. The van der Waals surface area contributed by atoms with E-state index >= 15 is 0 Å². The molecule has 0 spiro atoms. The molecule has 36 heavy (non-hydrogen) atoms. The summed E-state index contributed by atoms with van der Waals surface area (Å²) in [4.78, 5) is 0. The van der Waals surface area contributed by atoms with Crippen molar-refractivity contribution in [2.75, 3.05) is 14.2 Å². The van der Waals surface area contributed by atoms with E-state index in [-0.39, 0.29) is 64.0 Å². The van der Waals surface area contributed by atoms with Gasteiger partial charge in [0.2, 0.25) is 0 Å².